The fourth-order valence-electron chi connectivity index (χ4n) is 3.50. The molecule has 25 heavy (non-hydrogen) atoms. The standard InChI is InChI=1S/C19H23N5O/c1-20-19(21-10-8-17-6-4-12-25-17)23-11-9-16(14-23)24-18-7-3-2-5-15(18)13-22-24/h2-7,12-13,16H,8-11,14H2,1H3,(H,20,21). The summed E-state index contributed by atoms with van der Waals surface area (Å²) >= 11 is 0. The number of nitrogens with zero attached hydrogens (tertiary/aromatic N) is 4. The topological polar surface area (TPSA) is 58.6 Å². The maximum atomic E-state index is 5.38. The largest absolute Gasteiger partial charge is 0.469 e. The summed E-state index contributed by atoms with van der Waals surface area (Å²) in [5, 5.41) is 9.25. The van der Waals surface area contributed by atoms with Crippen LogP contribution in [-0.2, 0) is 6.42 Å². The van der Waals surface area contributed by atoms with Crippen molar-refractivity contribution in [1.29, 1.82) is 0 Å². The molecule has 4 rings (SSSR count). The van der Waals surface area contributed by atoms with E-state index in [2.05, 4.69) is 49.3 Å². The molecule has 2 aromatic heterocycles. The number of nitrogens with one attached hydrogen (secondary N) is 1. The van der Waals surface area contributed by atoms with Crippen LogP contribution in [0.15, 0.2) is 58.3 Å². The third kappa shape index (κ3) is 3.24. The summed E-state index contributed by atoms with van der Waals surface area (Å²) in [6, 6.07) is 12.7. The second-order valence-electron chi connectivity index (χ2n) is 6.34. The van der Waals surface area contributed by atoms with E-state index in [1.165, 1.54) is 10.9 Å². The number of guanidine groups is 1. The average Bonchev–Trinajstić information content (AvgIpc) is 3.38. The van der Waals surface area contributed by atoms with Crippen LogP contribution in [0.5, 0.6) is 0 Å². The molecule has 1 unspecified atom stereocenters. The molecule has 1 aliphatic rings. The third-order valence-electron chi connectivity index (χ3n) is 4.76. The Hall–Kier alpha value is -2.76. The number of aromatic nitrogens is 2. The molecule has 1 aliphatic heterocycles. The van der Waals surface area contributed by atoms with Crippen LogP contribution in [0.25, 0.3) is 10.9 Å². The van der Waals surface area contributed by atoms with Crippen LogP contribution in [0.3, 0.4) is 0 Å². The summed E-state index contributed by atoms with van der Waals surface area (Å²) in [6.45, 7) is 2.72. The van der Waals surface area contributed by atoms with Gasteiger partial charge < -0.3 is 14.6 Å². The fourth-order valence-corrected chi connectivity index (χ4v) is 3.50. The summed E-state index contributed by atoms with van der Waals surface area (Å²) in [4.78, 5) is 6.75. The minimum atomic E-state index is 0.378. The van der Waals surface area contributed by atoms with E-state index in [9.17, 15) is 0 Å². The highest BCUT2D eigenvalue weighted by Crippen LogP contribution is 2.25. The maximum Gasteiger partial charge on any atom is 0.193 e. The number of furan rings is 1. The molecule has 130 valence electrons. The van der Waals surface area contributed by atoms with Gasteiger partial charge in [0.05, 0.1) is 24.0 Å². The molecule has 1 saturated heterocycles. The fraction of sp³-hybridized carbons (Fsp3) is 0.368. The maximum absolute atomic E-state index is 5.38. The predicted octanol–water partition coefficient (Wildman–Crippen LogP) is 2.69. The number of hydrogen-bond acceptors (Lipinski definition) is 3. The van der Waals surface area contributed by atoms with E-state index in [1.54, 1.807) is 6.26 Å². The van der Waals surface area contributed by atoms with E-state index in [-0.39, 0.29) is 0 Å². The summed E-state index contributed by atoms with van der Waals surface area (Å²) in [6.07, 6.45) is 5.59. The van der Waals surface area contributed by atoms with Gasteiger partial charge in [-0.2, -0.15) is 5.10 Å². The zero-order chi connectivity index (χ0) is 17.1. The Morgan fingerprint density at radius 2 is 2.24 bits per heavy atom. The van der Waals surface area contributed by atoms with Crippen LogP contribution in [0.4, 0.5) is 0 Å². The van der Waals surface area contributed by atoms with Gasteiger partial charge in [0, 0.05) is 38.5 Å². The van der Waals surface area contributed by atoms with Gasteiger partial charge in [-0.1, -0.05) is 18.2 Å². The number of rotatable bonds is 4. The van der Waals surface area contributed by atoms with Crippen molar-refractivity contribution in [3.05, 3.63) is 54.6 Å². The second kappa shape index (κ2) is 7.01. The van der Waals surface area contributed by atoms with Crippen molar-refractivity contribution in [3.8, 4) is 0 Å². The molecule has 6 heteroatoms. The summed E-state index contributed by atoms with van der Waals surface area (Å²) < 4.78 is 7.53. The molecule has 0 aliphatic carbocycles. The number of likely N-dealkylation sites (tertiary alicyclic amines) is 1. The van der Waals surface area contributed by atoms with E-state index >= 15 is 0 Å². The number of aliphatic imine (C=N–C) groups is 1. The molecule has 0 amide bonds. The number of hydrogen-bond donors (Lipinski definition) is 1. The molecule has 3 heterocycles. The van der Waals surface area contributed by atoms with E-state index in [0.717, 1.165) is 44.2 Å². The molecular weight excluding hydrogens is 314 g/mol. The molecule has 1 atom stereocenters. The molecule has 0 radical (unpaired) electrons. The van der Waals surface area contributed by atoms with Crippen molar-refractivity contribution in [3.63, 3.8) is 0 Å². The predicted molar refractivity (Wildman–Crippen MR) is 98.7 cm³/mol. The van der Waals surface area contributed by atoms with Gasteiger partial charge in [0.1, 0.15) is 5.76 Å². The highest BCUT2D eigenvalue weighted by molar-refractivity contribution is 5.80. The van der Waals surface area contributed by atoms with Crippen molar-refractivity contribution >= 4 is 16.9 Å². The van der Waals surface area contributed by atoms with Gasteiger partial charge in [-0.05, 0) is 24.6 Å². The first-order chi connectivity index (χ1) is 12.3. The average molecular weight is 337 g/mol. The Morgan fingerprint density at radius 3 is 3.08 bits per heavy atom. The van der Waals surface area contributed by atoms with Gasteiger partial charge >= 0.3 is 0 Å². The van der Waals surface area contributed by atoms with Crippen molar-refractivity contribution in [1.82, 2.24) is 20.0 Å². The summed E-state index contributed by atoms with van der Waals surface area (Å²) in [5.41, 5.74) is 1.20. The van der Waals surface area contributed by atoms with E-state index in [1.807, 2.05) is 25.4 Å². The molecule has 0 bridgehead atoms. The first-order valence-electron chi connectivity index (χ1n) is 8.75. The van der Waals surface area contributed by atoms with Gasteiger partial charge in [0.15, 0.2) is 5.96 Å². The Balaban J connectivity index is 1.39. The zero-order valence-corrected chi connectivity index (χ0v) is 14.4. The SMILES string of the molecule is CN=C(NCCc1ccco1)N1CCC(n2ncc3ccccc32)C1. The first-order valence-corrected chi connectivity index (χ1v) is 8.75. The van der Waals surface area contributed by atoms with Crippen LogP contribution in [0.1, 0.15) is 18.2 Å². The Labute approximate surface area is 147 Å². The van der Waals surface area contributed by atoms with Gasteiger partial charge in [-0.3, -0.25) is 9.67 Å². The van der Waals surface area contributed by atoms with Gasteiger partial charge in [0.2, 0.25) is 0 Å². The van der Waals surface area contributed by atoms with Crippen LogP contribution in [0, 0.1) is 0 Å². The van der Waals surface area contributed by atoms with E-state index < -0.39 is 0 Å². The van der Waals surface area contributed by atoms with E-state index in [0.29, 0.717) is 6.04 Å². The number of para-hydroxylation sites is 1. The minimum Gasteiger partial charge on any atom is -0.469 e. The lowest BCUT2D eigenvalue weighted by Crippen LogP contribution is -2.41. The quantitative estimate of drug-likeness (QED) is 0.587. The van der Waals surface area contributed by atoms with E-state index in [4.69, 9.17) is 4.42 Å². The van der Waals surface area contributed by atoms with Gasteiger partial charge in [-0.15, -0.1) is 0 Å². The van der Waals surface area contributed by atoms with Crippen LogP contribution in [-0.4, -0.2) is 47.3 Å². The highest BCUT2D eigenvalue weighted by atomic mass is 16.3. The minimum absolute atomic E-state index is 0.378. The van der Waals surface area contributed by atoms with Crippen molar-refractivity contribution in [2.45, 2.75) is 18.9 Å². The van der Waals surface area contributed by atoms with Crippen LogP contribution in [0.2, 0.25) is 0 Å². The normalized spacial score (nSPS) is 18.2. The first kappa shape index (κ1) is 15.7. The highest BCUT2D eigenvalue weighted by Gasteiger charge is 2.27. The Morgan fingerprint density at radius 1 is 1.32 bits per heavy atom. The van der Waals surface area contributed by atoms with Crippen molar-refractivity contribution < 1.29 is 4.42 Å². The molecule has 1 aromatic carbocycles. The summed E-state index contributed by atoms with van der Waals surface area (Å²) in [7, 11) is 1.84. The lowest BCUT2D eigenvalue weighted by Gasteiger charge is -2.21. The molecule has 1 fully saturated rings. The smallest absolute Gasteiger partial charge is 0.193 e. The zero-order valence-electron chi connectivity index (χ0n) is 14.4. The summed E-state index contributed by atoms with van der Waals surface area (Å²) in [5.74, 6) is 1.94. The monoisotopic (exact) mass is 337 g/mol. The molecular formula is C19H23N5O. The number of fused-ring (bicyclic) bond motifs is 1. The van der Waals surface area contributed by atoms with Crippen LogP contribution >= 0.6 is 0 Å². The molecule has 6 nitrogen and oxygen atoms in total. The lowest BCUT2D eigenvalue weighted by atomic mass is 10.2. The molecule has 3 aromatic rings. The molecule has 0 spiro atoms. The lowest BCUT2D eigenvalue weighted by molar-refractivity contribution is 0.438. The van der Waals surface area contributed by atoms with Crippen molar-refractivity contribution in [2.24, 2.45) is 4.99 Å². The molecule has 1 N–H and O–H groups in total. The third-order valence-corrected chi connectivity index (χ3v) is 4.76. The van der Waals surface area contributed by atoms with Gasteiger partial charge in [-0.25, -0.2) is 0 Å². The Bertz CT molecular complexity index is 852. The number of benzene rings is 1. The Kier molecular flexibility index (Phi) is 4.41. The second-order valence-corrected chi connectivity index (χ2v) is 6.34. The van der Waals surface area contributed by atoms with Gasteiger partial charge in [0.25, 0.3) is 0 Å². The van der Waals surface area contributed by atoms with Crippen molar-refractivity contribution in [2.75, 3.05) is 26.7 Å². The van der Waals surface area contributed by atoms with Crippen LogP contribution < -0.4 is 5.32 Å². The molecule has 0 saturated carbocycles.